The summed E-state index contributed by atoms with van der Waals surface area (Å²) in [6, 6.07) is 0.578. The van der Waals surface area contributed by atoms with Crippen LogP contribution in [0.2, 0.25) is 0 Å². The highest BCUT2D eigenvalue weighted by molar-refractivity contribution is 5.79. The minimum Gasteiger partial charge on any atom is -0.480 e. The summed E-state index contributed by atoms with van der Waals surface area (Å²) >= 11 is 0. The van der Waals surface area contributed by atoms with Crippen molar-refractivity contribution < 1.29 is 14.7 Å². The molecule has 0 heterocycles. The summed E-state index contributed by atoms with van der Waals surface area (Å²) in [5.41, 5.74) is 0. The van der Waals surface area contributed by atoms with E-state index >= 15 is 0 Å². The molecule has 3 saturated carbocycles. The predicted molar refractivity (Wildman–Crippen MR) is 97.2 cm³/mol. The third-order valence-corrected chi connectivity index (χ3v) is 6.59. The average Bonchev–Trinajstić information content (AvgIpc) is 3.33. The van der Waals surface area contributed by atoms with Gasteiger partial charge in [-0.2, -0.15) is 0 Å². The van der Waals surface area contributed by atoms with Crippen LogP contribution in [0.1, 0.15) is 65.2 Å². The molecule has 25 heavy (non-hydrogen) atoms. The number of nitrogens with zero attached hydrogens (tertiary/aromatic N) is 1. The van der Waals surface area contributed by atoms with Gasteiger partial charge in [0.25, 0.3) is 0 Å². The van der Waals surface area contributed by atoms with E-state index < -0.39 is 5.97 Å². The zero-order valence-electron chi connectivity index (χ0n) is 15.7. The van der Waals surface area contributed by atoms with E-state index in [4.69, 9.17) is 5.11 Å². The van der Waals surface area contributed by atoms with Gasteiger partial charge in [0, 0.05) is 24.5 Å². The Hall–Kier alpha value is -1.10. The lowest BCUT2D eigenvalue weighted by molar-refractivity contribution is -0.140. The molecule has 0 saturated heterocycles. The van der Waals surface area contributed by atoms with Gasteiger partial charge in [-0.1, -0.05) is 13.8 Å². The van der Waals surface area contributed by atoms with Crippen molar-refractivity contribution in [2.45, 2.75) is 77.3 Å². The van der Waals surface area contributed by atoms with Crippen LogP contribution in [0.3, 0.4) is 0 Å². The van der Waals surface area contributed by atoms with Crippen molar-refractivity contribution in [2.75, 3.05) is 13.1 Å². The van der Waals surface area contributed by atoms with Crippen LogP contribution in [0.5, 0.6) is 0 Å². The normalized spacial score (nSPS) is 32.5. The summed E-state index contributed by atoms with van der Waals surface area (Å²) in [7, 11) is 0. The number of carbonyl (C=O) groups excluding carboxylic acids is 1. The zero-order valence-corrected chi connectivity index (χ0v) is 15.7. The van der Waals surface area contributed by atoms with Crippen LogP contribution in [0.25, 0.3) is 0 Å². The first-order valence-corrected chi connectivity index (χ1v) is 10.2. The van der Waals surface area contributed by atoms with Crippen molar-refractivity contribution in [3.8, 4) is 0 Å². The van der Waals surface area contributed by atoms with E-state index in [2.05, 4.69) is 24.1 Å². The Kier molecular flexibility index (Phi) is 6.03. The van der Waals surface area contributed by atoms with Gasteiger partial charge in [0.2, 0.25) is 5.91 Å². The summed E-state index contributed by atoms with van der Waals surface area (Å²) < 4.78 is 0. The molecule has 2 N–H and O–H groups in total. The minimum absolute atomic E-state index is 0.140. The summed E-state index contributed by atoms with van der Waals surface area (Å²) in [5, 5.41) is 12.3. The number of carboxylic acids is 1. The molecule has 142 valence electrons. The molecule has 0 radical (unpaired) electrons. The smallest absolute Gasteiger partial charge is 0.317 e. The van der Waals surface area contributed by atoms with Crippen molar-refractivity contribution in [1.29, 1.82) is 0 Å². The second kappa shape index (κ2) is 8.07. The summed E-state index contributed by atoms with van der Waals surface area (Å²) in [4.78, 5) is 25.7. The molecule has 3 aliphatic carbocycles. The Morgan fingerprint density at radius 3 is 2.24 bits per heavy atom. The molecular formula is C20H34N2O3. The third kappa shape index (κ3) is 5.19. The molecule has 0 aromatic heterocycles. The predicted octanol–water partition coefficient (Wildman–Crippen LogP) is 2.89. The largest absolute Gasteiger partial charge is 0.480 e. The molecule has 0 unspecified atom stereocenters. The van der Waals surface area contributed by atoms with E-state index in [1.807, 2.05) is 0 Å². The Bertz CT molecular complexity index is 475. The fourth-order valence-electron chi connectivity index (χ4n) is 4.52. The van der Waals surface area contributed by atoms with Crippen molar-refractivity contribution in [2.24, 2.45) is 23.7 Å². The van der Waals surface area contributed by atoms with Gasteiger partial charge in [0.15, 0.2) is 0 Å². The molecule has 0 bridgehead atoms. The molecule has 0 aromatic carbocycles. The first-order valence-electron chi connectivity index (χ1n) is 10.2. The molecule has 0 aromatic rings. The van der Waals surface area contributed by atoms with Gasteiger partial charge in [-0.05, 0) is 69.1 Å². The summed E-state index contributed by atoms with van der Waals surface area (Å²) in [5.74, 6) is 1.89. The number of carboxylic acid groups (broad SMARTS) is 1. The summed E-state index contributed by atoms with van der Waals surface area (Å²) in [6.45, 7) is 5.62. The fourth-order valence-corrected chi connectivity index (χ4v) is 4.52. The second-order valence-corrected chi connectivity index (χ2v) is 8.95. The van der Waals surface area contributed by atoms with E-state index in [0.717, 1.165) is 44.1 Å². The highest BCUT2D eigenvalue weighted by Crippen LogP contribution is 2.35. The lowest BCUT2D eigenvalue weighted by Gasteiger charge is -2.43. The SMILES string of the molecule is CC(C)C1CCC(C(=O)NC2CC(N(CC(=O)O)CC3CC3)C2)CC1. The van der Waals surface area contributed by atoms with Crippen LogP contribution >= 0.6 is 0 Å². The standard InChI is InChI=1S/C20H34N2O3/c1-13(2)15-5-7-16(8-6-15)20(25)21-17-9-18(10-17)22(12-19(23)24)11-14-3-4-14/h13-18H,3-12H2,1-2H3,(H,21,25)(H,23,24). The second-order valence-electron chi connectivity index (χ2n) is 8.95. The summed E-state index contributed by atoms with van der Waals surface area (Å²) in [6.07, 6.45) is 8.70. The molecule has 5 heteroatoms. The number of hydrogen-bond acceptors (Lipinski definition) is 3. The molecule has 3 fully saturated rings. The van der Waals surface area contributed by atoms with Gasteiger partial charge in [-0.25, -0.2) is 0 Å². The van der Waals surface area contributed by atoms with E-state index in [1.54, 1.807) is 0 Å². The number of rotatable bonds is 8. The van der Waals surface area contributed by atoms with Gasteiger partial charge < -0.3 is 10.4 Å². The third-order valence-electron chi connectivity index (χ3n) is 6.59. The van der Waals surface area contributed by atoms with Gasteiger partial charge in [-0.15, -0.1) is 0 Å². The lowest BCUT2D eigenvalue weighted by Crippen LogP contribution is -2.56. The van der Waals surface area contributed by atoms with Gasteiger partial charge in [-0.3, -0.25) is 14.5 Å². The monoisotopic (exact) mass is 350 g/mol. The quantitative estimate of drug-likeness (QED) is 0.706. The maximum atomic E-state index is 12.5. The van der Waals surface area contributed by atoms with Crippen LogP contribution in [-0.2, 0) is 9.59 Å². The highest BCUT2D eigenvalue weighted by atomic mass is 16.4. The maximum absolute atomic E-state index is 12.5. The molecule has 0 spiro atoms. The molecule has 3 aliphatic rings. The maximum Gasteiger partial charge on any atom is 0.317 e. The first kappa shape index (κ1) is 18.7. The molecule has 0 aliphatic heterocycles. The Labute approximate surface area is 151 Å². The number of hydrogen-bond donors (Lipinski definition) is 2. The van der Waals surface area contributed by atoms with E-state index in [9.17, 15) is 9.59 Å². The molecule has 5 nitrogen and oxygen atoms in total. The Balaban J connectivity index is 1.38. The minimum atomic E-state index is -0.741. The molecular weight excluding hydrogens is 316 g/mol. The van der Waals surface area contributed by atoms with E-state index in [-0.39, 0.29) is 24.4 Å². The zero-order chi connectivity index (χ0) is 18.0. The molecule has 0 atom stereocenters. The van der Waals surface area contributed by atoms with Crippen LogP contribution in [0.4, 0.5) is 0 Å². The fraction of sp³-hybridized carbons (Fsp3) is 0.900. The van der Waals surface area contributed by atoms with Crippen molar-refractivity contribution in [1.82, 2.24) is 10.2 Å². The number of nitrogens with one attached hydrogen (secondary N) is 1. The van der Waals surface area contributed by atoms with Crippen molar-refractivity contribution in [3.05, 3.63) is 0 Å². The number of carbonyl (C=O) groups is 2. The molecule has 1 amide bonds. The molecule has 3 rings (SSSR count). The topological polar surface area (TPSA) is 69.6 Å². The lowest BCUT2D eigenvalue weighted by atomic mass is 9.76. The van der Waals surface area contributed by atoms with Crippen molar-refractivity contribution in [3.63, 3.8) is 0 Å². The Morgan fingerprint density at radius 2 is 1.72 bits per heavy atom. The van der Waals surface area contributed by atoms with Gasteiger partial charge in [0.05, 0.1) is 6.54 Å². The van der Waals surface area contributed by atoms with E-state index in [1.165, 1.54) is 25.7 Å². The van der Waals surface area contributed by atoms with Gasteiger partial charge in [0.1, 0.15) is 0 Å². The van der Waals surface area contributed by atoms with Crippen molar-refractivity contribution >= 4 is 11.9 Å². The average molecular weight is 351 g/mol. The number of aliphatic carboxylic acids is 1. The van der Waals surface area contributed by atoms with Crippen LogP contribution < -0.4 is 5.32 Å². The number of amides is 1. The van der Waals surface area contributed by atoms with Crippen LogP contribution in [0, 0.1) is 23.7 Å². The first-order chi connectivity index (χ1) is 11.9. The Morgan fingerprint density at radius 1 is 1.08 bits per heavy atom. The van der Waals surface area contributed by atoms with Gasteiger partial charge >= 0.3 is 5.97 Å². The highest BCUT2D eigenvalue weighted by Gasteiger charge is 2.38. The van der Waals surface area contributed by atoms with E-state index in [0.29, 0.717) is 12.0 Å². The van der Waals surface area contributed by atoms with Crippen LogP contribution in [0.15, 0.2) is 0 Å². The van der Waals surface area contributed by atoms with Crippen LogP contribution in [-0.4, -0.2) is 47.1 Å².